The van der Waals surface area contributed by atoms with E-state index in [1.54, 1.807) is 12.1 Å². The highest BCUT2D eigenvalue weighted by Gasteiger charge is 2.13. The maximum atomic E-state index is 11.6. The van der Waals surface area contributed by atoms with E-state index in [1.165, 1.54) is 7.11 Å². The summed E-state index contributed by atoms with van der Waals surface area (Å²) in [6, 6.07) is 7.23. The van der Waals surface area contributed by atoms with Crippen molar-refractivity contribution in [3.8, 4) is 0 Å². The summed E-state index contributed by atoms with van der Waals surface area (Å²) in [5.74, 6) is 0.236. The van der Waals surface area contributed by atoms with Gasteiger partial charge in [0.2, 0.25) is 0 Å². The van der Waals surface area contributed by atoms with Crippen LogP contribution in [0.25, 0.3) is 0 Å². The second kappa shape index (κ2) is 6.05. The zero-order chi connectivity index (χ0) is 13.7. The Bertz CT molecular complexity index is 541. The average Bonchev–Trinajstić information content (AvgIpc) is 2.98. The van der Waals surface area contributed by atoms with Gasteiger partial charge in [0.15, 0.2) is 5.82 Å². The number of rotatable bonds is 5. The van der Waals surface area contributed by atoms with Gasteiger partial charge < -0.3 is 10.1 Å². The number of hydrogen-bond acceptors (Lipinski definition) is 6. The van der Waals surface area contributed by atoms with Gasteiger partial charge in [-0.1, -0.05) is 23.4 Å². The molecule has 1 atom stereocenters. The van der Waals surface area contributed by atoms with Crippen LogP contribution in [0.3, 0.4) is 0 Å². The third kappa shape index (κ3) is 3.14. The van der Waals surface area contributed by atoms with Crippen LogP contribution in [0.4, 0.5) is 0 Å². The van der Waals surface area contributed by atoms with Crippen LogP contribution in [0, 0.1) is 0 Å². The molecule has 100 valence electrons. The molecule has 0 aliphatic rings. The van der Waals surface area contributed by atoms with Crippen LogP contribution in [-0.2, 0) is 11.3 Å². The van der Waals surface area contributed by atoms with Crippen molar-refractivity contribution in [1.29, 1.82) is 0 Å². The van der Waals surface area contributed by atoms with Gasteiger partial charge >= 0.3 is 5.97 Å². The second-order valence-corrected chi connectivity index (χ2v) is 4.02. The first kappa shape index (κ1) is 13.2. The zero-order valence-corrected chi connectivity index (χ0v) is 10.8. The van der Waals surface area contributed by atoms with E-state index in [2.05, 4.69) is 25.9 Å². The molecule has 0 amide bonds. The van der Waals surface area contributed by atoms with Gasteiger partial charge in [-0.05, 0) is 18.6 Å². The Balaban J connectivity index is 2.05. The number of aromatic amines is 1. The van der Waals surface area contributed by atoms with Crippen molar-refractivity contribution in [2.45, 2.75) is 19.5 Å². The fourth-order valence-electron chi connectivity index (χ4n) is 1.69. The van der Waals surface area contributed by atoms with Crippen molar-refractivity contribution >= 4 is 5.97 Å². The highest BCUT2D eigenvalue weighted by atomic mass is 16.5. The number of ether oxygens (including phenoxy) is 1. The van der Waals surface area contributed by atoms with Gasteiger partial charge in [0, 0.05) is 6.54 Å². The van der Waals surface area contributed by atoms with Crippen molar-refractivity contribution in [2.75, 3.05) is 7.11 Å². The largest absolute Gasteiger partial charge is 0.465 e. The van der Waals surface area contributed by atoms with E-state index in [0.717, 1.165) is 5.56 Å². The van der Waals surface area contributed by atoms with Gasteiger partial charge in [-0.3, -0.25) is 0 Å². The molecular formula is C12H15N5O2. The number of benzene rings is 1. The molecule has 1 aromatic carbocycles. The molecule has 2 aromatic rings. The first-order chi connectivity index (χ1) is 9.22. The molecule has 0 saturated heterocycles. The van der Waals surface area contributed by atoms with Crippen molar-refractivity contribution in [3.63, 3.8) is 0 Å². The Hall–Kier alpha value is -2.28. The van der Waals surface area contributed by atoms with Crippen molar-refractivity contribution in [2.24, 2.45) is 0 Å². The summed E-state index contributed by atoms with van der Waals surface area (Å²) in [6.07, 6.45) is 0. The predicted molar refractivity (Wildman–Crippen MR) is 67.2 cm³/mol. The summed E-state index contributed by atoms with van der Waals surface area (Å²) >= 11 is 0. The maximum absolute atomic E-state index is 11.6. The highest BCUT2D eigenvalue weighted by Crippen LogP contribution is 2.12. The Morgan fingerprint density at radius 1 is 1.47 bits per heavy atom. The van der Waals surface area contributed by atoms with Crippen LogP contribution in [0.1, 0.15) is 34.7 Å². The van der Waals surface area contributed by atoms with E-state index in [-0.39, 0.29) is 12.0 Å². The molecule has 0 aliphatic carbocycles. The van der Waals surface area contributed by atoms with Gasteiger partial charge in [0.05, 0.1) is 18.7 Å². The Labute approximate surface area is 110 Å². The molecule has 0 bridgehead atoms. The standard InChI is InChI=1S/C12H15N5O2/c1-8(11-14-16-17-15-11)13-7-9-5-3-4-6-10(9)12(18)19-2/h3-6,8,13H,7H2,1-2H3,(H,14,15,16,17). The number of aromatic nitrogens is 4. The SMILES string of the molecule is COC(=O)c1ccccc1CNC(C)c1nn[nH]n1. The van der Waals surface area contributed by atoms with Gasteiger partial charge in [-0.25, -0.2) is 4.79 Å². The zero-order valence-electron chi connectivity index (χ0n) is 10.8. The number of hydrogen-bond donors (Lipinski definition) is 2. The summed E-state index contributed by atoms with van der Waals surface area (Å²) in [4.78, 5) is 11.6. The molecule has 19 heavy (non-hydrogen) atoms. The van der Waals surface area contributed by atoms with Crippen LogP contribution < -0.4 is 5.32 Å². The second-order valence-electron chi connectivity index (χ2n) is 4.02. The number of H-pyrrole nitrogens is 1. The van der Waals surface area contributed by atoms with Gasteiger partial charge in [0.1, 0.15) is 0 Å². The number of tetrazole rings is 1. The van der Waals surface area contributed by atoms with Crippen LogP contribution in [-0.4, -0.2) is 33.7 Å². The minimum atomic E-state index is -0.343. The predicted octanol–water partition coefficient (Wildman–Crippen LogP) is 0.837. The fraction of sp³-hybridized carbons (Fsp3) is 0.333. The Kier molecular flexibility index (Phi) is 4.19. The smallest absolute Gasteiger partial charge is 0.338 e. The highest BCUT2D eigenvalue weighted by molar-refractivity contribution is 5.90. The third-order valence-electron chi connectivity index (χ3n) is 2.77. The van der Waals surface area contributed by atoms with E-state index < -0.39 is 0 Å². The van der Waals surface area contributed by atoms with Gasteiger partial charge in [-0.2, -0.15) is 5.21 Å². The lowest BCUT2D eigenvalue weighted by molar-refractivity contribution is 0.0599. The molecule has 0 radical (unpaired) electrons. The van der Waals surface area contributed by atoms with Crippen LogP contribution in [0.2, 0.25) is 0 Å². The van der Waals surface area contributed by atoms with Crippen LogP contribution in [0.5, 0.6) is 0 Å². The summed E-state index contributed by atoms with van der Waals surface area (Å²) in [5.41, 5.74) is 1.42. The summed E-state index contributed by atoms with van der Waals surface area (Å²) < 4.78 is 4.75. The number of esters is 1. The van der Waals surface area contributed by atoms with E-state index in [0.29, 0.717) is 17.9 Å². The number of nitrogens with zero attached hydrogens (tertiary/aromatic N) is 3. The van der Waals surface area contributed by atoms with Crippen LogP contribution in [0.15, 0.2) is 24.3 Å². The molecule has 2 N–H and O–H groups in total. The molecule has 0 spiro atoms. The van der Waals surface area contributed by atoms with Crippen molar-refractivity contribution < 1.29 is 9.53 Å². The molecule has 7 nitrogen and oxygen atoms in total. The lowest BCUT2D eigenvalue weighted by atomic mass is 10.1. The molecule has 1 heterocycles. The fourth-order valence-corrected chi connectivity index (χ4v) is 1.69. The van der Waals surface area contributed by atoms with Gasteiger partial charge in [-0.15, -0.1) is 10.2 Å². The topological polar surface area (TPSA) is 92.8 Å². The lowest BCUT2D eigenvalue weighted by Crippen LogP contribution is -2.21. The van der Waals surface area contributed by atoms with E-state index in [4.69, 9.17) is 4.74 Å². The monoisotopic (exact) mass is 261 g/mol. The molecule has 0 fully saturated rings. The number of nitrogens with one attached hydrogen (secondary N) is 2. The summed E-state index contributed by atoms with van der Waals surface area (Å²) in [5, 5.41) is 16.9. The number of carbonyl (C=O) groups is 1. The maximum Gasteiger partial charge on any atom is 0.338 e. The van der Waals surface area contributed by atoms with Gasteiger partial charge in [0.25, 0.3) is 0 Å². The average molecular weight is 261 g/mol. The number of methoxy groups -OCH3 is 1. The minimum Gasteiger partial charge on any atom is -0.465 e. The molecule has 1 aromatic heterocycles. The van der Waals surface area contributed by atoms with Crippen LogP contribution >= 0.6 is 0 Å². The molecule has 2 rings (SSSR count). The first-order valence-electron chi connectivity index (χ1n) is 5.85. The molecule has 1 unspecified atom stereocenters. The summed E-state index contributed by atoms with van der Waals surface area (Å²) in [7, 11) is 1.37. The normalized spacial score (nSPS) is 12.1. The van der Waals surface area contributed by atoms with E-state index in [1.807, 2.05) is 19.1 Å². The van der Waals surface area contributed by atoms with Crippen molar-refractivity contribution in [1.82, 2.24) is 25.9 Å². The summed E-state index contributed by atoms with van der Waals surface area (Å²) in [6.45, 7) is 2.44. The molecular weight excluding hydrogens is 246 g/mol. The molecule has 0 aliphatic heterocycles. The van der Waals surface area contributed by atoms with E-state index in [9.17, 15) is 4.79 Å². The Morgan fingerprint density at radius 3 is 2.95 bits per heavy atom. The quantitative estimate of drug-likeness (QED) is 0.775. The van der Waals surface area contributed by atoms with Crippen molar-refractivity contribution in [3.05, 3.63) is 41.2 Å². The third-order valence-corrected chi connectivity index (χ3v) is 2.77. The lowest BCUT2D eigenvalue weighted by Gasteiger charge is -2.12. The Morgan fingerprint density at radius 2 is 2.26 bits per heavy atom. The van der Waals surface area contributed by atoms with E-state index >= 15 is 0 Å². The minimum absolute atomic E-state index is 0.0653. The number of carbonyl (C=O) groups excluding carboxylic acids is 1. The first-order valence-corrected chi connectivity index (χ1v) is 5.85. The molecule has 0 saturated carbocycles. The molecule has 7 heteroatoms.